The van der Waals surface area contributed by atoms with E-state index in [1.807, 2.05) is 0 Å². The van der Waals surface area contributed by atoms with Gasteiger partial charge >= 0.3 is 0 Å². The molecule has 0 atom stereocenters. The Morgan fingerprint density at radius 2 is 2.42 bits per heavy atom. The summed E-state index contributed by atoms with van der Waals surface area (Å²) in [5, 5.41) is 3.78. The van der Waals surface area contributed by atoms with Gasteiger partial charge in [-0.3, -0.25) is 0 Å². The Labute approximate surface area is 70.5 Å². The number of hydrogen-bond acceptors (Lipinski definition) is 4. The highest BCUT2D eigenvalue weighted by Gasteiger charge is 2.45. The highest BCUT2D eigenvalue weighted by atomic mass is 16.5. The molecule has 0 aliphatic heterocycles. The number of nitrogens with zero attached hydrogens (tertiary/aromatic N) is 2. The third-order valence-electron chi connectivity index (χ3n) is 2.01. The van der Waals surface area contributed by atoms with Crippen LogP contribution in [-0.4, -0.2) is 10.1 Å². The Bertz CT molecular complexity index is 301. The van der Waals surface area contributed by atoms with Crippen molar-refractivity contribution >= 4 is 0 Å². The molecule has 4 heteroatoms. The smallest absolute Gasteiger partial charge is 0.246 e. The summed E-state index contributed by atoms with van der Waals surface area (Å²) in [5.41, 5.74) is 5.54. The van der Waals surface area contributed by atoms with Crippen LogP contribution < -0.4 is 5.73 Å². The second-order valence-corrected chi connectivity index (χ2v) is 3.16. The third kappa shape index (κ3) is 1.14. The molecule has 0 bridgehead atoms. The van der Waals surface area contributed by atoms with Crippen LogP contribution in [0.4, 0.5) is 0 Å². The minimum absolute atomic E-state index is 0.313. The Morgan fingerprint density at radius 1 is 1.67 bits per heavy atom. The van der Waals surface area contributed by atoms with Gasteiger partial charge in [-0.1, -0.05) is 11.2 Å². The lowest BCUT2D eigenvalue weighted by molar-refractivity contribution is 0.344. The maximum Gasteiger partial charge on any atom is 0.246 e. The summed E-state index contributed by atoms with van der Waals surface area (Å²) >= 11 is 0. The molecular formula is C8H11N3O. The molecule has 12 heavy (non-hydrogen) atoms. The average Bonchev–Trinajstić information content (AvgIpc) is 2.64. The number of hydrogen-bond donors (Lipinski definition) is 1. The highest BCUT2D eigenvalue weighted by Crippen LogP contribution is 2.41. The molecule has 1 heterocycles. The van der Waals surface area contributed by atoms with Gasteiger partial charge in [0.25, 0.3) is 0 Å². The molecule has 0 aromatic carbocycles. The minimum atomic E-state index is -0.313. The molecule has 1 aliphatic rings. The molecule has 2 N–H and O–H groups in total. The van der Waals surface area contributed by atoms with E-state index in [1.54, 1.807) is 6.08 Å². The van der Waals surface area contributed by atoms with Crippen molar-refractivity contribution in [2.24, 2.45) is 5.73 Å². The van der Waals surface area contributed by atoms with Gasteiger partial charge in [0.1, 0.15) is 0 Å². The van der Waals surface area contributed by atoms with E-state index < -0.39 is 0 Å². The van der Waals surface area contributed by atoms with Crippen molar-refractivity contribution in [2.45, 2.75) is 24.8 Å². The molecule has 1 saturated carbocycles. The van der Waals surface area contributed by atoms with E-state index in [2.05, 4.69) is 16.7 Å². The molecule has 1 aromatic rings. The summed E-state index contributed by atoms with van der Waals surface area (Å²) in [4.78, 5) is 4.16. The highest BCUT2D eigenvalue weighted by molar-refractivity contribution is 5.12. The van der Waals surface area contributed by atoms with Crippen molar-refractivity contribution in [1.29, 1.82) is 0 Å². The maximum atomic E-state index is 5.86. The lowest BCUT2D eigenvalue weighted by Gasteiger charge is -1.97. The molecule has 64 valence electrons. The lowest BCUT2D eigenvalue weighted by atomic mass is 10.3. The lowest BCUT2D eigenvalue weighted by Crippen LogP contribution is -2.19. The number of allylic oxidation sites excluding steroid dienone is 1. The fourth-order valence-electron chi connectivity index (χ4n) is 1.02. The van der Waals surface area contributed by atoms with Crippen molar-refractivity contribution < 1.29 is 4.52 Å². The van der Waals surface area contributed by atoms with Crippen molar-refractivity contribution in [1.82, 2.24) is 10.1 Å². The van der Waals surface area contributed by atoms with Gasteiger partial charge in [-0.25, -0.2) is 0 Å². The first-order valence-electron chi connectivity index (χ1n) is 3.97. The Morgan fingerprint density at radius 3 is 3.00 bits per heavy atom. The fourth-order valence-corrected chi connectivity index (χ4v) is 1.02. The van der Waals surface area contributed by atoms with Crippen LogP contribution >= 0.6 is 0 Å². The van der Waals surface area contributed by atoms with Crippen LogP contribution in [0.1, 0.15) is 24.6 Å². The summed E-state index contributed by atoms with van der Waals surface area (Å²) in [6.45, 7) is 3.59. The predicted molar refractivity (Wildman–Crippen MR) is 43.3 cm³/mol. The molecule has 2 rings (SSSR count). The first kappa shape index (κ1) is 7.49. The van der Waals surface area contributed by atoms with E-state index in [1.165, 1.54) is 0 Å². The van der Waals surface area contributed by atoms with Gasteiger partial charge < -0.3 is 10.3 Å². The Balaban J connectivity index is 2.18. The molecule has 1 fully saturated rings. The van der Waals surface area contributed by atoms with Gasteiger partial charge in [0, 0.05) is 6.42 Å². The fraction of sp³-hybridized carbons (Fsp3) is 0.500. The van der Waals surface area contributed by atoms with E-state index in [0.717, 1.165) is 12.8 Å². The topological polar surface area (TPSA) is 64.9 Å². The normalized spacial score (nSPS) is 19.1. The van der Waals surface area contributed by atoms with Gasteiger partial charge in [0.2, 0.25) is 5.89 Å². The number of rotatable bonds is 3. The summed E-state index contributed by atoms with van der Waals surface area (Å²) in [6.07, 6.45) is 4.27. The standard InChI is InChI=1S/C8H11N3O/c1-2-3-6-10-7(12-11-6)8(9)4-5-8/h2H,1,3-5,9H2. The van der Waals surface area contributed by atoms with E-state index in [4.69, 9.17) is 10.3 Å². The molecule has 1 aliphatic carbocycles. The number of nitrogens with two attached hydrogens (primary N) is 1. The van der Waals surface area contributed by atoms with Gasteiger partial charge in [0.15, 0.2) is 5.82 Å². The van der Waals surface area contributed by atoms with Gasteiger partial charge in [-0.05, 0) is 12.8 Å². The first-order chi connectivity index (χ1) is 5.74. The SMILES string of the molecule is C=CCc1noc(C2(N)CC2)n1. The zero-order valence-electron chi connectivity index (χ0n) is 6.79. The molecule has 0 amide bonds. The molecule has 0 radical (unpaired) electrons. The molecular weight excluding hydrogens is 154 g/mol. The number of aromatic nitrogens is 2. The van der Waals surface area contributed by atoms with Gasteiger partial charge in [-0.15, -0.1) is 6.58 Å². The van der Waals surface area contributed by atoms with Gasteiger partial charge in [-0.2, -0.15) is 4.98 Å². The van der Waals surface area contributed by atoms with Crippen molar-refractivity contribution in [2.75, 3.05) is 0 Å². The first-order valence-corrected chi connectivity index (χ1v) is 3.97. The second kappa shape index (κ2) is 2.42. The maximum absolute atomic E-state index is 5.86. The molecule has 0 spiro atoms. The predicted octanol–water partition coefficient (Wildman–Crippen LogP) is 0.746. The van der Waals surface area contributed by atoms with E-state index in [9.17, 15) is 0 Å². The van der Waals surface area contributed by atoms with E-state index in [0.29, 0.717) is 18.1 Å². The summed E-state index contributed by atoms with van der Waals surface area (Å²) in [5.74, 6) is 1.23. The van der Waals surface area contributed by atoms with Crippen LogP contribution in [-0.2, 0) is 12.0 Å². The molecule has 0 saturated heterocycles. The summed E-state index contributed by atoms with van der Waals surface area (Å²) < 4.78 is 5.01. The third-order valence-corrected chi connectivity index (χ3v) is 2.01. The summed E-state index contributed by atoms with van der Waals surface area (Å²) in [7, 11) is 0. The second-order valence-electron chi connectivity index (χ2n) is 3.16. The van der Waals surface area contributed by atoms with Crippen LogP contribution in [0.25, 0.3) is 0 Å². The zero-order chi connectivity index (χ0) is 8.60. The average molecular weight is 165 g/mol. The van der Waals surface area contributed by atoms with Crippen molar-refractivity contribution in [3.05, 3.63) is 24.4 Å². The van der Waals surface area contributed by atoms with Crippen LogP contribution in [0, 0.1) is 0 Å². The van der Waals surface area contributed by atoms with Crippen molar-refractivity contribution in [3.8, 4) is 0 Å². The quantitative estimate of drug-likeness (QED) is 0.671. The minimum Gasteiger partial charge on any atom is -0.337 e. The Hall–Kier alpha value is -1.16. The zero-order valence-corrected chi connectivity index (χ0v) is 6.79. The monoisotopic (exact) mass is 165 g/mol. The molecule has 1 aromatic heterocycles. The van der Waals surface area contributed by atoms with Crippen LogP contribution in [0.3, 0.4) is 0 Å². The van der Waals surface area contributed by atoms with Crippen LogP contribution in [0.2, 0.25) is 0 Å². The van der Waals surface area contributed by atoms with E-state index in [-0.39, 0.29) is 5.54 Å². The molecule has 0 unspecified atom stereocenters. The van der Waals surface area contributed by atoms with E-state index >= 15 is 0 Å². The largest absolute Gasteiger partial charge is 0.337 e. The van der Waals surface area contributed by atoms with Crippen molar-refractivity contribution in [3.63, 3.8) is 0 Å². The summed E-state index contributed by atoms with van der Waals surface area (Å²) in [6, 6.07) is 0. The molecule has 4 nitrogen and oxygen atoms in total. The van der Waals surface area contributed by atoms with Crippen LogP contribution in [0.15, 0.2) is 17.2 Å². The Kier molecular flexibility index (Phi) is 1.51. The van der Waals surface area contributed by atoms with Gasteiger partial charge in [0.05, 0.1) is 5.54 Å². The van der Waals surface area contributed by atoms with Crippen LogP contribution in [0.5, 0.6) is 0 Å².